The zero-order valence-electron chi connectivity index (χ0n) is 11.4. The van der Waals surface area contributed by atoms with Crippen LogP contribution in [0.3, 0.4) is 0 Å². The van der Waals surface area contributed by atoms with Gasteiger partial charge in [-0.15, -0.1) is 0 Å². The number of nitrogens with one attached hydrogen (secondary N) is 1. The van der Waals surface area contributed by atoms with E-state index in [-0.39, 0.29) is 5.82 Å². The second-order valence-electron chi connectivity index (χ2n) is 5.45. The number of nitrogens with zero attached hydrogens (tertiary/aromatic N) is 1. The summed E-state index contributed by atoms with van der Waals surface area (Å²) < 4.78 is 13.6. The molecule has 1 aromatic carbocycles. The first-order chi connectivity index (χ1) is 9.83. The molecule has 0 radical (unpaired) electrons. The molecule has 3 rings (SSSR count). The van der Waals surface area contributed by atoms with Crippen LogP contribution in [0.15, 0.2) is 48.8 Å². The van der Waals surface area contributed by atoms with E-state index in [0.717, 1.165) is 31.4 Å². The third-order valence-corrected chi connectivity index (χ3v) is 4.05. The number of benzene rings is 1. The Labute approximate surface area is 119 Å². The van der Waals surface area contributed by atoms with Gasteiger partial charge in [-0.2, -0.15) is 0 Å². The van der Waals surface area contributed by atoms with Crippen molar-refractivity contribution in [3.05, 3.63) is 65.7 Å². The predicted octanol–water partition coefficient (Wildman–Crippen LogP) is 3.30. The van der Waals surface area contributed by atoms with Crippen molar-refractivity contribution in [3.63, 3.8) is 0 Å². The van der Waals surface area contributed by atoms with Crippen molar-refractivity contribution in [2.75, 3.05) is 6.54 Å². The van der Waals surface area contributed by atoms with E-state index in [0.29, 0.717) is 12.0 Å². The molecule has 1 aliphatic carbocycles. The van der Waals surface area contributed by atoms with E-state index in [1.807, 2.05) is 24.4 Å². The maximum atomic E-state index is 13.6. The summed E-state index contributed by atoms with van der Waals surface area (Å²) in [7, 11) is 0. The summed E-state index contributed by atoms with van der Waals surface area (Å²) in [6, 6.07) is 11.7. The Kier molecular flexibility index (Phi) is 4.07. The maximum Gasteiger partial charge on any atom is 0.126 e. The molecular formula is C17H19FN2. The van der Waals surface area contributed by atoms with Gasteiger partial charge in [0, 0.05) is 18.4 Å². The zero-order valence-corrected chi connectivity index (χ0v) is 11.4. The van der Waals surface area contributed by atoms with Crippen molar-refractivity contribution in [1.29, 1.82) is 0 Å². The predicted molar refractivity (Wildman–Crippen MR) is 78.1 cm³/mol. The van der Waals surface area contributed by atoms with Gasteiger partial charge in [0.15, 0.2) is 0 Å². The fraction of sp³-hybridized carbons (Fsp3) is 0.353. The highest BCUT2D eigenvalue weighted by Gasteiger charge is 2.31. The number of hydrogen-bond donors (Lipinski definition) is 1. The summed E-state index contributed by atoms with van der Waals surface area (Å²) in [6.45, 7) is 0.959. The number of hydrogen-bond acceptors (Lipinski definition) is 2. The highest BCUT2D eigenvalue weighted by Crippen LogP contribution is 2.37. The molecule has 1 aromatic heterocycles. The lowest BCUT2D eigenvalue weighted by Crippen LogP contribution is -2.41. The lowest BCUT2D eigenvalue weighted by atomic mass is 9.75. The van der Waals surface area contributed by atoms with Crippen LogP contribution in [-0.4, -0.2) is 17.6 Å². The van der Waals surface area contributed by atoms with Crippen molar-refractivity contribution in [2.45, 2.75) is 31.2 Å². The van der Waals surface area contributed by atoms with E-state index in [9.17, 15) is 4.39 Å². The van der Waals surface area contributed by atoms with Gasteiger partial charge in [-0.05, 0) is 55.0 Å². The quantitative estimate of drug-likeness (QED) is 0.901. The molecule has 0 spiro atoms. The minimum absolute atomic E-state index is 0.0636. The smallest absolute Gasteiger partial charge is 0.126 e. The Bertz CT molecular complexity index is 550. The largest absolute Gasteiger partial charge is 0.314 e. The monoisotopic (exact) mass is 270 g/mol. The second kappa shape index (κ2) is 6.14. The fourth-order valence-electron chi connectivity index (χ4n) is 2.81. The highest BCUT2D eigenvalue weighted by molar-refractivity contribution is 5.24. The summed E-state index contributed by atoms with van der Waals surface area (Å²) in [6.07, 6.45) is 6.77. The minimum Gasteiger partial charge on any atom is -0.314 e. The van der Waals surface area contributed by atoms with Gasteiger partial charge in [-0.25, -0.2) is 4.39 Å². The van der Waals surface area contributed by atoms with Gasteiger partial charge >= 0.3 is 0 Å². The molecular weight excluding hydrogens is 251 g/mol. The molecule has 2 aromatic rings. The third kappa shape index (κ3) is 3.05. The van der Waals surface area contributed by atoms with Crippen molar-refractivity contribution in [1.82, 2.24) is 10.3 Å². The first kappa shape index (κ1) is 13.3. The van der Waals surface area contributed by atoms with E-state index in [2.05, 4.69) is 16.4 Å². The van der Waals surface area contributed by atoms with Crippen LogP contribution in [0.1, 0.15) is 29.9 Å². The Hall–Kier alpha value is -1.74. The number of rotatable bonds is 5. The van der Waals surface area contributed by atoms with Crippen LogP contribution < -0.4 is 5.32 Å². The van der Waals surface area contributed by atoms with Gasteiger partial charge in [0.25, 0.3) is 0 Å². The molecule has 0 unspecified atom stereocenters. The molecule has 0 aliphatic heterocycles. The van der Waals surface area contributed by atoms with Gasteiger partial charge in [0.05, 0.1) is 0 Å². The average Bonchev–Trinajstić information content (AvgIpc) is 2.44. The van der Waals surface area contributed by atoms with E-state index in [1.165, 1.54) is 5.56 Å². The van der Waals surface area contributed by atoms with E-state index in [4.69, 9.17) is 0 Å². The van der Waals surface area contributed by atoms with Crippen LogP contribution in [0.2, 0.25) is 0 Å². The van der Waals surface area contributed by atoms with Gasteiger partial charge < -0.3 is 5.32 Å². The van der Waals surface area contributed by atoms with Crippen LogP contribution in [0, 0.1) is 5.82 Å². The van der Waals surface area contributed by atoms with E-state index in [1.54, 1.807) is 18.3 Å². The molecule has 2 nitrogen and oxygen atoms in total. The lowest BCUT2D eigenvalue weighted by Gasteiger charge is -2.36. The van der Waals surface area contributed by atoms with E-state index < -0.39 is 0 Å². The molecule has 0 saturated heterocycles. The SMILES string of the molecule is Fc1ccccc1C1CC(NCCc2cccnc2)C1. The molecule has 1 heterocycles. The topological polar surface area (TPSA) is 24.9 Å². The molecule has 3 heteroatoms. The highest BCUT2D eigenvalue weighted by atomic mass is 19.1. The van der Waals surface area contributed by atoms with Gasteiger partial charge in [0.1, 0.15) is 5.82 Å². The number of halogens is 1. The summed E-state index contributed by atoms with van der Waals surface area (Å²) in [5, 5.41) is 3.54. The normalized spacial score (nSPS) is 21.4. The van der Waals surface area contributed by atoms with Crippen LogP contribution in [0.4, 0.5) is 4.39 Å². The van der Waals surface area contributed by atoms with Gasteiger partial charge in [-0.3, -0.25) is 4.98 Å². The summed E-state index contributed by atoms with van der Waals surface area (Å²) in [5.41, 5.74) is 2.13. The molecule has 1 saturated carbocycles. The summed E-state index contributed by atoms with van der Waals surface area (Å²) in [5.74, 6) is 0.318. The Balaban J connectivity index is 1.42. The van der Waals surface area contributed by atoms with Crippen molar-refractivity contribution in [2.24, 2.45) is 0 Å². The minimum atomic E-state index is -0.0636. The van der Waals surface area contributed by atoms with Crippen molar-refractivity contribution in [3.8, 4) is 0 Å². The van der Waals surface area contributed by atoms with Crippen LogP contribution in [0.25, 0.3) is 0 Å². The van der Waals surface area contributed by atoms with Gasteiger partial charge in [0.2, 0.25) is 0 Å². The average molecular weight is 270 g/mol. The van der Waals surface area contributed by atoms with Gasteiger partial charge in [-0.1, -0.05) is 24.3 Å². The maximum absolute atomic E-state index is 13.6. The second-order valence-corrected chi connectivity index (χ2v) is 5.45. The Morgan fingerprint density at radius 2 is 2.00 bits per heavy atom. The van der Waals surface area contributed by atoms with Crippen LogP contribution in [0.5, 0.6) is 0 Å². The van der Waals surface area contributed by atoms with E-state index >= 15 is 0 Å². The molecule has 20 heavy (non-hydrogen) atoms. The summed E-state index contributed by atoms with van der Waals surface area (Å²) in [4.78, 5) is 4.11. The number of aromatic nitrogens is 1. The van der Waals surface area contributed by atoms with Crippen molar-refractivity contribution < 1.29 is 4.39 Å². The third-order valence-electron chi connectivity index (χ3n) is 4.05. The molecule has 1 aliphatic rings. The van der Waals surface area contributed by atoms with Crippen LogP contribution in [-0.2, 0) is 6.42 Å². The molecule has 0 amide bonds. The standard InChI is InChI=1S/C17H19FN2/c18-17-6-2-1-5-16(17)14-10-15(11-14)20-9-7-13-4-3-8-19-12-13/h1-6,8,12,14-15,20H,7,9-11H2. The first-order valence-electron chi connectivity index (χ1n) is 7.19. The Morgan fingerprint density at radius 1 is 1.15 bits per heavy atom. The molecule has 0 bridgehead atoms. The molecule has 104 valence electrons. The molecule has 1 N–H and O–H groups in total. The number of pyridine rings is 1. The van der Waals surface area contributed by atoms with Crippen LogP contribution >= 0.6 is 0 Å². The molecule has 0 atom stereocenters. The lowest BCUT2D eigenvalue weighted by molar-refractivity contribution is 0.287. The van der Waals surface area contributed by atoms with Crippen molar-refractivity contribution >= 4 is 0 Å². The first-order valence-corrected chi connectivity index (χ1v) is 7.19. The summed E-state index contributed by atoms with van der Waals surface area (Å²) >= 11 is 0. The Morgan fingerprint density at radius 3 is 2.75 bits per heavy atom. The fourth-order valence-corrected chi connectivity index (χ4v) is 2.81. The zero-order chi connectivity index (χ0) is 13.8. The molecule has 1 fully saturated rings.